The highest BCUT2D eigenvalue weighted by molar-refractivity contribution is 5.85. The molecule has 0 bridgehead atoms. The van der Waals surface area contributed by atoms with Crippen molar-refractivity contribution in [2.75, 3.05) is 19.6 Å². The minimum absolute atomic E-state index is 0. The highest BCUT2D eigenvalue weighted by Crippen LogP contribution is 2.27. The normalized spacial score (nSPS) is 19.0. The molecule has 0 saturated carbocycles. The molecule has 1 atom stereocenters. The third-order valence-corrected chi connectivity index (χ3v) is 4.86. The summed E-state index contributed by atoms with van der Waals surface area (Å²) in [4.78, 5) is 26.0. The maximum Gasteiger partial charge on any atom is 0.241 e. The Morgan fingerprint density at radius 2 is 1.92 bits per heavy atom. The molecule has 1 saturated heterocycles. The second kappa shape index (κ2) is 9.20. The summed E-state index contributed by atoms with van der Waals surface area (Å²) in [5.41, 5.74) is 8.35. The predicted octanol–water partition coefficient (Wildman–Crippen LogP) is 2.05. The van der Waals surface area contributed by atoms with Gasteiger partial charge in [-0.2, -0.15) is 0 Å². The third-order valence-electron chi connectivity index (χ3n) is 4.86. The average Bonchev–Trinajstić information content (AvgIpc) is 2.54. The number of piperidine rings is 1. The molecule has 140 valence electrons. The lowest BCUT2D eigenvalue weighted by atomic mass is 9.79. The molecular formula is C19H30ClN3O2. The maximum absolute atomic E-state index is 12.3. The highest BCUT2D eigenvalue weighted by atomic mass is 35.5. The Bertz CT molecular complexity index is 587. The molecule has 25 heavy (non-hydrogen) atoms. The summed E-state index contributed by atoms with van der Waals surface area (Å²) >= 11 is 0. The zero-order chi connectivity index (χ0) is 17.7. The van der Waals surface area contributed by atoms with E-state index in [1.54, 1.807) is 0 Å². The molecule has 1 aliphatic rings. The smallest absolute Gasteiger partial charge is 0.241 e. The van der Waals surface area contributed by atoms with E-state index in [-0.39, 0.29) is 42.2 Å². The number of amides is 2. The number of carbonyl (C=O) groups is 2. The fourth-order valence-electron chi connectivity index (χ4n) is 2.97. The number of hydrogen-bond acceptors (Lipinski definition) is 3. The van der Waals surface area contributed by atoms with Gasteiger partial charge < -0.3 is 16.0 Å². The van der Waals surface area contributed by atoms with E-state index in [0.29, 0.717) is 25.9 Å². The number of likely N-dealkylation sites (tertiary alicyclic amines) is 1. The number of carbonyl (C=O) groups excluding carboxylic acids is 2. The molecule has 1 unspecified atom stereocenters. The first-order valence-electron chi connectivity index (χ1n) is 8.63. The number of nitrogens with zero attached hydrogens (tertiary/aromatic N) is 1. The Balaban J connectivity index is 0.00000312. The van der Waals surface area contributed by atoms with Crippen LogP contribution in [0.4, 0.5) is 0 Å². The van der Waals surface area contributed by atoms with Crippen LogP contribution in [-0.4, -0.2) is 42.4 Å². The number of halogens is 1. The van der Waals surface area contributed by atoms with Crippen molar-refractivity contribution < 1.29 is 9.59 Å². The zero-order valence-corrected chi connectivity index (χ0v) is 16.2. The van der Waals surface area contributed by atoms with E-state index in [0.717, 1.165) is 12.0 Å². The number of aryl methyl sites for hydroxylation is 2. The molecule has 5 nitrogen and oxygen atoms in total. The molecular weight excluding hydrogens is 338 g/mol. The van der Waals surface area contributed by atoms with E-state index < -0.39 is 0 Å². The van der Waals surface area contributed by atoms with Gasteiger partial charge >= 0.3 is 0 Å². The van der Waals surface area contributed by atoms with Crippen LogP contribution < -0.4 is 11.1 Å². The monoisotopic (exact) mass is 367 g/mol. The molecule has 3 N–H and O–H groups in total. The Labute approximate surface area is 156 Å². The standard InChI is InChI=1S/C19H29N3O2.ClH/c1-14-4-6-15(7-5-14)8-9-17(23)21-12-18(24)22-11-10-16(20)19(2,3)13-22;/h4-7,16H,8-13,20H2,1-3H3,(H,21,23);1H. The van der Waals surface area contributed by atoms with E-state index >= 15 is 0 Å². The predicted molar refractivity (Wildman–Crippen MR) is 103 cm³/mol. The van der Waals surface area contributed by atoms with E-state index in [2.05, 4.69) is 19.2 Å². The van der Waals surface area contributed by atoms with Gasteiger partial charge in [-0.1, -0.05) is 43.7 Å². The summed E-state index contributed by atoms with van der Waals surface area (Å²) in [5, 5.41) is 2.74. The molecule has 1 fully saturated rings. The van der Waals surface area contributed by atoms with Crippen LogP contribution in [0, 0.1) is 12.3 Å². The van der Waals surface area contributed by atoms with Crippen molar-refractivity contribution >= 4 is 24.2 Å². The molecule has 6 heteroatoms. The van der Waals surface area contributed by atoms with Gasteiger partial charge in [-0.05, 0) is 30.7 Å². The summed E-state index contributed by atoms with van der Waals surface area (Å²) in [7, 11) is 0. The van der Waals surface area contributed by atoms with Gasteiger partial charge in [-0.3, -0.25) is 9.59 Å². The Morgan fingerprint density at radius 3 is 2.52 bits per heavy atom. The van der Waals surface area contributed by atoms with E-state index in [4.69, 9.17) is 5.73 Å². The molecule has 1 aromatic rings. The average molecular weight is 368 g/mol. The highest BCUT2D eigenvalue weighted by Gasteiger charge is 2.35. The molecule has 1 aromatic carbocycles. The largest absolute Gasteiger partial charge is 0.347 e. The van der Waals surface area contributed by atoms with Gasteiger partial charge in [0, 0.05) is 25.6 Å². The van der Waals surface area contributed by atoms with Crippen LogP contribution in [0.15, 0.2) is 24.3 Å². The summed E-state index contributed by atoms with van der Waals surface area (Å²) in [6.45, 7) is 7.58. The van der Waals surface area contributed by atoms with Gasteiger partial charge in [0.1, 0.15) is 0 Å². The van der Waals surface area contributed by atoms with Crippen molar-refractivity contribution in [3.05, 3.63) is 35.4 Å². The first-order chi connectivity index (χ1) is 11.3. The third kappa shape index (κ3) is 6.33. The number of benzene rings is 1. The van der Waals surface area contributed by atoms with Crippen molar-refractivity contribution in [1.82, 2.24) is 10.2 Å². The number of nitrogens with one attached hydrogen (secondary N) is 1. The number of hydrogen-bond donors (Lipinski definition) is 2. The van der Waals surface area contributed by atoms with Crippen molar-refractivity contribution in [2.24, 2.45) is 11.1 Å². The van der Waals surface area contributed by atoms with Crippen LogP contribution in [0.3, 0.4) is 0 Å². The Kier molecular flexibility index (Phi) is 7.90. The molecule has 1 heterocycles. The summed E-state index contributed by atoms with van der Waals surface area (Å²) in [5.74, 6) is -0.115. The van der Waals surface area contributed by atoms with Gasteiger partial charge in [0.25, 0.3) is 0 Å². The van der Waals surface area contributed by atoms with Crippen molar-refractivity contribution in [3.63, 3.8) is 0 Å². The molecule has 0 radical (unpaired) electrons. The van der Waals surface area contributed by atoms with E-state index in [1.165, 1.54) is 5.56 Å². The van der Waals surface area contributed by atoms with Gasteiger partial charge in [-0.15, -0.1) is 12.4 Å². The summed E-state index contributed by atoms with van der Waals surface area (Å²) in [6, 6.07) is 8.27. The van der Waals surface area contributed by atoms with Crippen LogP contribution in [0.25, 0.3) is 0 Å². The number of rotatable bonds is 5. The molecule has 2 rings (SSSR count). The summed E-state index contributed by atoms with van der Waals surface area (Å²) in [6.07, 6.45) is 1.89. The van der Waals surface area contributed by atoms with Gasteiger partial charge in [0.15, 0.2) is 0 Å². The Hall–Kier alpha value is -1.59. The second-order valence-corrected chi connectivity index (χ2v) is 7.46. The van der Waals surface area contributed by atoms with Crippen molar-refractivity contribution in [3.8, 4) is 0 Å². The van der Waals surface area contributed by atoms with Crippen LogP contribution in [0.5, 0.6) is 0 Å². The van der Waals surface area contributed by atoms with Crippen molar-refractivity contribution in [2.45, 2.75) is 46.1 Å². The van der Waals surface area contributed by atoms with Crippen LogP contribution >= 0.6 is 12.4 Å². The second-order valence-electron chi connectivity index (χ2n) is 7.46. The van der Waals surface area contributed by atoms with Crippen LogP contribution in [0.1, 0.15) is 37.8 Å². The van der Waals surface area contributed by atoms with Crippen molar-refractivity contribution in [1.29, 1.82) is 0 Å². The quantitative estimate of drug-likeness (QED) is 0.836. The fourth-order valence-corrected chi connectivity index (χ4v) is 2.97. The summed E-state index contributed by atoms with van der Waals surface area (Å²) < 4.78 is 0. The number of nitrogens with two attached hydrogens (primary N) is 1. The molecule has 0 spiro atoms. The molecule has 0 aromatic heterocycles. The van der Waals surface area contributed by atoms with E-state index in [1.807, 2.05) is 36.1 Å². The lowest BCUT2D eigenvalue weighted by molar-refractivity contribution is -0.135. The zero-order valence-electron chi connectivity index (χ0n) is 15.4. The molecule has 1 aliphatic heterocycles. The first kappa shape index (κ1) is 21.5. The van der Waals surface area contributed by atoms with Gasteiger partial charge in [0.05, 0.1) is 6.54 Å². The van der Waals surface area contributed by atoms with E-state index in [9.17, 15) is 9.59 Å². The minimum Gasteiger partial charge on any atom is -0.347 e. The van der Waals surface area contributed by atoms with Gasteiger partial charge in [-0.25, -0.2) is 0 Å². The lowest BCUT2D eigenvalue weighted by Gasteiger charge is -2.42. The molecule has 0 aliphatic carbocycles. The van der Waals surface area contributed by atoms with Crippen LogP contribution in [-0.2, 0) is 16.0 Å². The topological polar surface area (TPSA) is 75.4 Å². The Morgan fingerprint density at radius 1 is 1.28 bits per heavy atom. The first-order valence-corrected chi connectivity index (χ1v) is 8.63. The maximum atomic E-state index is 12.3. The molecule has 2 amide bonds. The SMILES string of the molecule is Cc1ccc(CCC(=O)NCC(=O)N2CCC(N)C(C)(C)C2)cc1.Cl. The lowest BCUT2D eigenvalue weighted by Crippen LogP contribution is -2.55. The van der Waals surface area contributed by atoms with Gasteiger partial charge in [0.2, 0.25) is 11.8 Å². The fraction of sp³-hybridized carbons (Fsp3) is 0.579. The minimum atomic E-state index is -0.0862. The van der Waals surface area contributed by atoms with Crippen LogP contribution in [0.2, 0.25) is 0 Å².